The lowest BCUT2D eigenvalue weighted by Gasteiger charge is -2.24. The molecule has 0 saturated heterocycles. The second-order valence-electron chi connectivity index (χ2n) is 7.87. The first-order valence-electron chi connectivity index (χ1n) is 10.9. The van der Waals surface area contributed by atoms with Crippen molar-refractivity contribution in [2.75, 3.05) is 12.0 Å². The predicted molar refractivity (Wildman–Crippen MR) is 131 cm³/mol. The highest BCUT2D eigenvalue weighted by Gasteiger charge is 2.31. The Balaban J connectivity index is 2.99. The second-order valence-corrected chi connectivity index (χ2v) is 8.85. The van der Waals surface area contributed by atoms with Gasteiger partial charge >= 0.3 is 11.9 Å². The third kappa shape index (κ3) is 11.2. The minimum absolute atomic E-state index is 0.0696. The molecule has 0 spiro atoms. The number of nitrogens with one attached hydrogen (secondary N) is 3. The number of carbonyl (C=O) groups is 6. The van der Waals surface area contributed by atoms with E-state index in [9.17, 15) is 39.0 Å². The number of amides is 4. The van der Waals surface area contributed by atoms with Gasteiger partial charge in [-0.25, -0.2) is 4.79 Å². The molecule has 0 heterocycles. The first-order chi connectivity index (χ1) is 16.9. The second kappa shape index (κ2) is 15.4. The summed E-state index contributed by atoms with van der Waals surface area (Å²) in [6.45, 7) is 0. The van der Waals surface area contributed by atoms with Crippen molar-refractivity contribution in [1.29, 1.82) is 0 Å². The van der Waals surface area contributed by atoms with Crippen LogP contribution < -0.4 is 27.4 Å². The summed E-state index contributed by atoms with van der Waals surface area (Å²) in [5.74, 6) is -5.89. The highest BCUT2D eigenvalue weighted by atomic mass is 32.2. The van der Waals surface area contributed by atoms with Gasteiger partial charge in [-0.2, -0.15) is 11.8 Å². The number of carboxylic acids is 2. The Kier molecular flexibility index (Phi) is 13.0. The zero-order chi connectivity index (χ0) is 27.3. The summed E-state index contributed by atoms with van der Waals surface area (Å²) in [6.07, 6.45) is 0.508. The monoisotopic (exact) mass is 525 g/mol. The van der Waals surface area contributed by atoms with Crippen LogP contribution in [0.15, 0.2) is 30.3 Å². The Bertz CT molecular complexity index is 946. The van der Waals surface area contributed by atoms with Crippen molar-refractivity contribution < 1.29 is 39.0 Å². The number of rotatable bonds is 16. The molecule has 36 heavy (non-hydrogen) atoms. The lowest BCUT2D eigenvalue weighted by Crippen LogP contribution is -2.58. The van der Waals surface area contributed by atoms with E-state index in [1.54, 1.807) is 36.6 Å². The van der Waals surface area contributed by atoms with Gasteiger partial charge in [-0.05, 0) is 24.0 Å². The van der Waals surface area contributed by atoms with Crippen LogP contribution in [0.2, 0.25) is 0 Å². The molecule has 4 amide bonds. The van der Waals surface area contributed by atoms with E-state index in [4.69, 9.17) is 11.5 Å². The predicted octanol–water partition coefficient (Wildman–Crippen LogP) is -1.80. The van der Waals surface area contributed by atoms with Crippen LogP contribution in [0.25, 0.3) is 0 Å². The molecule has 1 aromatic carbocycles. The smallest absolute Gasteiger partial charge is 0.326 e. The number of primary amides is 1. The van der Waals surface area contributed by atoms with Crippen molar-refractivity contribution in [1.82, 2.24) is 16.0 Å². The summed E-state index contributed by atoms with van der Waals surface area (Å²) >= 11 is 1.37. The van der Waals surface area contributed by atoms with Crippen molar-refractivity contribution in [2.45, 2.75) is 49.9 Å². The van der Waals surface area contributed by atoms with E-state index in [2.05, 4.69) is 16.0 Å². The standard InChI is InChI=1S/C22H31N5O8S/c1-36-8-7-14(25-19(31)13(23)10-17(24)28)20(32)26-15(11-18(29)30)21(33)27-16(22(34)35)9-12-5-3-2-4-6-12/h2-6,13-16H,7-11,23H2,1H3,(H2,24,28)(H,25,31)(H,26,32)(H,27,33)(H,29,30)(H,34,35). The maximum Gasteiger partial charge on any atom is 0.326 e. The molecule has 198 valence electrons. The van der Waals surface area contributed by atoms with Crippen LogP contribution in [-0.4, -0.2) is 82.0 Å². The van der Waals surface area contributed by atoms with Gasteiger partial charge in [0.2, 0.25) is 23.6 Å². The van der Waals surface area contributed by atoms with Crippen LogP contribution in [-0.2, 0) is 35.2 Å². The molecule has 0 aliphatic rings. The van der Waals surface area contributed by atoms with Crippen LogP contribution in [0.5, 0.6) is 0 Å². The number of hydrogen-bond donors (Lipinski definition) is 7. The number of carboxylic acid groups (broad SMARTS) is 2. The Morgan fingerprint density at radius 2 is 1.42 bits per heavy atom. The summed E-state index contributed by atoms with van der Waals surface area (Å²) in [5, 5.41) is 25.6. The van der Waals surface area contributed by atoms with Crippen LogP contribution >= 0.6 is 11.8 Å². The summed E-state index contributed by atoms with van der Waals surface area (Å²) in [7, 11) is 0. The Morgan fingerprint density at radius 3 is 1.94 bits per heavy atom. The third-order valence-electron chi connectivity index (χ3n) is 4.91. The largest absolute Gasteiger partial charge is 0.481 e. The number of nitrogens with two attached hydrogens (primary N) is 2. The topological polar surface area (TPSA) is 231 Å². The van der Waals surface area contributed by atoms with Gasteiger partial charge in [0.25, 0.3) is 0 Å². The van der Waals surface area contributed by atoms with E-state index in [1.165, 1.54) is 11.8 Å². The van der Waals surface area contributed by atoms with Crippen molar-refractivity contribution in [3.8, 4) is 0 Å². The fraction of sp³-hybridized carbons (Fsp3) is 0.455. The summed E-state index contributed by atoms with van der Waals surface area (Å²) in [4.78, 5) is 72.0. The average Bonchev–Trinajstić information content (AvgIpc) is 2.80. The zero-order valence-corrected chi connectivity index (χ0v) is 20.5. The normalized spacial score (nSPS) is 13.9. The van der Waals surface area contributed by atoms with Crippen molar-refractivity contribution >= 4 is 47.3 Å². The van der Waals surface area contributed by atoms with Crippen molar-refractivity contribution in [3.05, 3.63) is 35.9 Å². The zero-order valence-electron chi connectivity index (χ0n) is 19.6. The fourth-order valence-electron chi connectivity index (χ4n) is 3.07. The summed E-state index contributed by atoms with van der Waals surface area (Å²) in [6, 6.07) is 2.95. The van der Waals surface area contributed by atoms with Gasteiger partial charge in [-0.1, -0.05) is 30.3 Å². The highest BCUT2D eigenvalue weighted by Crippen LogP contribution is 2.07. The van der Waals surface area contributed by atoms with Gasteiger partial charge in [0.05, 0.1) is 18.9 Å². The van der Waals surface area contributed by atoms with E-state index in [-0.39, 0.29) is 12.8 Å². The quantitative estimate of drug-likeness (QED) is 0.128. The molecule has 9 N–H and O–H groups in total. The Morgan fingerprint density at radius 1 is 0.861 bits per heavy atom. The molecule has 13 nitrogen and oxygen atoms in total. The lowest BCUT2D eigenvalue weighted by atomic mass is 10.0. The number of hydrogen-bond acceptors (Lipinski definition) is 8. The number of aliphatic carboxylic acids is 2. The van der Waals surface area contributed by atoms with Gasteiger partial charge in [-0.3, -0.25) is 24.0 Å². The van der Waals surface area contributed by atoms with Crippen LogP contribution in [0, 0.1) is 0 Å². The van der Waals surface area contributed by atoms with Gasteiger partial charge in [0.15, 0.2) is 0 Å². The fourth-order valence-corrected chi connectivity index (χ4v) is 3.54. The number of thioether (sulfide) groups is 1. The van der Waals surface area contributed by atoms with E-state index >= 15 is 0 Å². The van der Waals surface area contributed by atoms with E-state index < -0.39 is 72.6 Å². The molecule has 0 radical (unpaired) electrons. The molecule has 1 rings (SSSR count). The number of benzene rings is 1. The summed E-state index contributed by atoms with van der Waals surface area (Å²) in [5.41, 5.74) is 11.3. The van der Waals surface area contributed by atoms with Gasteiger partial charge in [0.1, 0.15) is 18.1 Å². The molecule has 0 aliphatic carbocycles. The molecule has 14 heteroatoms. The minimum atomic E-state index is -1.62. The average molecular weight is 526 g/mol. The van der Waals surface area contributed by atoms with Crippen LogP contribution in [0.1, 0.15) is 24.8 Å². The third-order valence-corrected chi connectivity index (χ3v) is 5.55. The molecule has 0 saturated carbocycles. The van der Waals surface area contributed by atoms with E-state index in [0.717, 1.165) is 0 Å². The first kappa shape index (κ1) is 30.4. The minimum Gasteiger partial charge on any atom is -0.481 e. The maximum absolute atomic E-state index is 12.9. The number of carbonyl (C=O) groups excluding carboxylic acids is 4. The lowest BCUT2D eigenvalue weighted by molar-refractivity contribution is -0.143. The SMILES string of the molecule is CSCCC(NC(=O)C(N)CC(N)=O)C(=O)NC(CC(=O)O)C(=O)NC(Cc1ccccc1)C(=O)O. The Labute approximate surface area is 211 Å². The van der Waals surface area contributed by atoms with Crippen LogP contribution in [0.3, 0.4) is 0 Å². The first-order valence-corrected chi connectivity index (χ1v) is 12.3. The molecule has 1 aromatic rings. The molecule has 0 bridgehead atoms. The Hall–Kier alpha value is -3.65. The summed E-state index contributed by atoms with van der Waals surface area (Å²) < 4.78 is 0. The van der Waals surface area contributed by atoms with E-state index in [1.807, 2.05) is 0 Å². The van der Waals surface area contributed by atoms with E-state index in [0.29, 0.717) is 11.3 Å². The van der Waals surface area contributed by atoms with Gasteiger partial charge < -0.3 is 37.6 Å². The van der Waals surface area contributed by atoms with Crippen molar-refractivity contribution in [3.63, 3.8) is 0 Å². The molecule has 0 fully saturated rings. The van der Waals surface area contributed by atoms with Gasteiger partial charge in [0, 0.05) is 6.42 Å². The maximum atomic E-state index is 12.9. The molecule has 0 aliphatic heterocycles. The molecule has 4 unspecified atom stereocenters. The van der Waals surface area contributed by atoms with Crippen LogP contribution in [0.4, 0.5) is 0 Å². The molecular formula is C22H31N5O8S. The molecular weight excluding hydrogens is 494 g/mol. The highest BCUT2D eigenvalue weighted by molar-refractivity contribution is 7.98. The van der Waals surface area contributed by atoms with Crippen molar-refractivity contribution in [2.24, 2.45) is 11.5 Å². The molecule has 0 aromatic heterocycles. The molecule has 4 atom stereocenters. The van der Waals surface area contributed by atoms with Gasteiger partial charge in [-0.15, -0.1) is 0 Å².